The lowest BCUT2D eigenvalue weighted by Crippen LogP contribution is -2.46. The molecule has 0 radical (unpaired) electrons. The van der Waals surface area contributed by atoms with Gasteiger partial charge in [0.05, 0.1) is 12.6 Å². The van der Waals surface area contributed by atoms with Gasteiger partial charge in [-0.05, 0) is 43.7 Å². The minimum Gasteiger partial charge on any atom is -0.493 e. The van der Waals surface area contributed by atoms with Crippen molar-refractivity contribution in [2.45, 2.75) is 12.8 Å². The highest BCUT2D eigenvalue weighted by Gasteiger charge is 2.20. The van der Waals surface area contributed by atoms with Crippen LogP contribution in [0.1, 0.15) is 23.4 Å². The van der Waals surface area contributed by atoms with Gasteiger partial charge in [0.25, 0.3) is 5.91 Å². The molecule has 0 saturated carbocycles. The third-order valence-corrected chi connectivity index (χ3v) is 6.26. The molecule has 2 aromatic heterocycles. The summed E-state index contributed by atoms with van der Waals surface area (Å²) in [5.74, 6) is 1.81. The largest absolute Gasteiger partial charge is 0.493 e. The molecule has 1 aliphatic heterocycles. The number of nitrogens with zero attached hydrogens (tertiary/aromatic N) is 3. The van der Waals surface area contributed by atoms with Crippen LogP contribution in [0.15, 0.2) is 52.9 Å². The Morgan fingerprint density at radius 1 is 1.12 bits per heavy atom. The number of hydrogen-bond acceptors (Lipinski definition) is 6. The number of methoxy groups -OCH3 is 1. The first-order valence-electron chi connectivity index (χ1n) is 11.5. The fourth-order valence-corrected chi connectivity index (χ4v) is 4.43. The second-order valence-corrected chi connectivity index (χ2v) is 8.37. The molecule has 1 saturated heterocycles. The van der Waals surface area contributed by atoms with Gasteiger partial charge in [0.2, 0.25) is 0 Å². The minimum absolute atomic E-state index is 0. The van der Waals surface area contributed by atoms with Crippen LogP contribution >= 0.6 is 12.4 Å². The van der Waals surface area contributed by atoms with E-state index in [0.717, 1.165) is 62.3 Å². The number of ether oxygens (including phenoxy) is 1. The van der Waals surface area contributed by atoms with E-state index in [1.807, 2.05) is 24.3 Å². The summed E-state index contributed by atoms with van der Waals surface area (Å²) in [4.78, 5) is 17.3. The number of piperazine rings is 1. The number of anilines is 1. The van der Waals surface area contributed by atoms with E-state index in [-0.39, 0.29) is 18.3 Å². The Balaban J connectivity index is 0.00000274. The third-order valence-electron chi connectivity index (χ3n) is 6.26. The van der Waals surface area contributed by atoms with Crippen LogP contribution in [0.3, 0.4) is 0 Å². The predicted molar refractivity (Wildman–Crippen MR) is 136 cm³/mol. The molecule has 5 rings (SSSR count). The number of fused-ring (bicyclic) bond motifs is 2. The zero-order chi connectivity index (χ0) is 22.6. The van der Waals surface area contributed by atoms with E-state index in [9.17, 15) is 4.79 Å². The van der Waals surface area contributed by atoms with Gasteiger partial charge in [-0.25, -0.2) is 0 Å². The van der Waals surface area contributed by atoms with Gasteiger partial charge < -0.3 is 19.4 Å². The molecule has 2 aromatic carbocycles. The number of aromatic amines is 1. The highest BCUT2D eigenvalue weighted by molar-refractivity contribution is 5.97. The molecule has 0 aliphatic carbocycles. The van der Waals surface area contributed by atoms with E-state index >= 15 is 0 Å². The van der Waals surface area contributed by atoms with E-state index in [1.54, 1.807) is 13.2 Å². The van der Waals surface area contributed by atoms with E-state index < -0.39 is 0 Å². The van der Waals surface area contributed by atoms with Crippen molar-refractivity contribution in [3.8, 4) is 5.75 Å². The maximum absolute atomic E-state index is 12.5. The number of rotatable bonds is 8. The van der Waals surface area contributed by atoms with Crippen LogP contribution in [-0.2, 0) is 0 Å². The van der Waals surface area contributed by atoms with Gasteiger partial charge in [-0.1, -0.05) is 24.3 Å². The summed E-state index contributed by atoms with van der Waals surface area (Å²) in [6.07, 6.45) is 1.97. The number of nitrogens with one attached hydrogen (secondary N) is 2. The minimum atomic E-state index is -0.187. The van der Waals surface area contributed by atoms with Crippen LogP contribution < -0.4 is 15.0 Å². The van der Waals surface area contributed by atoms with Gasteiger partial charge >= 0.3 is 0 Å². The Bertz CT molecular complexity index is 1250. The lowest BCUT2D eigenvalue weighted by Gasteiger charge is -2.35. The van der Waals surface area contributed by atoms with Crippen molar-refractivity contribution < 1.29 is 13.9 Å². The number of carbonyl (C=O) groups excluding carboxylic acids is 1. The van der Waals surface area contributed by atoms with Gasteiger partial charge in [0.15, 0.2) is 22.9 Å². The fraction of sp³-hybridized carbons (Fsp3) is 0.360. The normalized spacial score (nSPS) is 14.3. The van der Waals surface area contributed by atoms with Crippen LogP contribution in [0.5, 0.6) is 5.75 Å². The zero-order valence-electron chi connectivity index (χ0n) is 19.3. The van der Waals surface area contributed by atoms with Crippen molar-refractivity contribution in [3.05, 3.63) is 54.3 Å². The second kappa shape index (κ2) is 10.8. The number of H-pyrrole nitrogens is 1. The number of hydrogen-bond donors (Lipinski definition) is 2. The molecule has 1 fully saturated rings. The van der Waals surface area contributed by atoms with Crippen molar-refractivity contribution in [2.75, 3.05) is 51.3 Å². The van der Waals surface area contributed by atoms with Crippen molar-refractivity contribution in [1.82, 2.24) is 20.4 Å². The predicted octanol–water partition coefficient (Wildman–Crippen LogP) is 4.07. The lowest BCUT2D eigenvalue weighted by molar-refractivity contribution is 0.0927. The third kappa shape index (κ3) is 4.98. The SMILES string of the molecule is COc1cccc2cc(C(=O)NCCCCN3CCN(c4n[nH]c5ccccc45)CC3)oc12.Cl. The maximum Gasteiger partial charge on any atom is 0.287 e. The van der Waals surface area contributed by atoms with E-state index in [0.29, 0.717) is 23.6 Å². The number of carbonyl (C=O) groups is 1. The van der Waals surface area contributed by atoms with E-state index in [1.165, 1.54) is 5.39 Å². The van der Waals surface area contributed by atoms with Crippen LogP contribution in [0.25, 0.3) is 21.9 Å². The summed E-state index contributed by atoms with van der Waals surface area (Å²) in [6, 6.07) is 15.6. The number of benzene rings is 2. The van der Waals surface area contributed by atoms with Crippen molar-refractivity contribution >= 4 is 46.0 Å². The quantitative estimate of drug-likeness (QED) is 0.367. The van der Waals surface area contributed by atoms with Gasteiger partial charge in [0.1, 0.15) is 0 Å². The van der Waals surface area contributed by atoms with Gasteiger partial charge in [0, 0.05) is 43.5 Å². The Labute approximate surface area is 204 Å². The molecule has 3 heterocycles. The van der Waals surface area contributed by atoms with Gasteiger partial charge in [-0.2, -0.15) is 5.10 Å². The molecule has 8 nitrogen and oxygen atoms in total. The molecule has 9 heteroatoms. The number of furan rings is 1. The smallest absolute Gasteiger partial charge is 0.287 e. The van der Waals surface area contributed by atoms with Crippen LogP contribution in [0.2, 0.25) is 0 Å². The van der Waals surface area contributed by atoms with Crippen LogP contribution in [0.4, 0.5) is 5.82 Å². The number of aromatic nitrogens is 2. The standard InChI is InChI=1S/C25H29N5O3.ClH/c1-32-21-10-6-7-18-17-22(33-23(18)21)25(31)26-11-4-5-12-29-13-15-30(16-14-29)24-19-8-2-3-9-20(19)27-28-24;/h2-3,6-10,17H,4-5,11-16H2,1H3,(H,26,31)(H,27,28);1H. The van der Waals surface area contributed by atoms with E-state index in [2.05, 4.69) is 43.5 Å². The lowest BCUT2D eigenvalue weighted by atomic mass is 10.2. The molecule has 1 amide bonds. The summed E-state index contributed by atoms with van der Waals surface area (Å²) in [5, 5.41) is 12.7. The zero-order valence-corrected chi connectivity index (χ0v) is 20.1. The Hall–Kier alpha value is -3.23. The Morgan fingerprint density at radius 3 is 2.76 bits per heavy atom. The Kier molecular flexibility index (Phi) is 7.59. The molecule has 0 atom stereocenters. The number of amides is 1. The Morgan fingerprint density at radius 2 is 1.94 bits per heavy atom. The molecule has 2 N–H and O–H groups in total. The first kappa shape index (κ1) is 23.9. The number of para-hydroxylation sites is 2. The molecule has 34 heavy (non-hydrogen) atoms. The van der Waals surface area contributed by atoms with Crippen molar-refractivity contribution in [1.29, 1.82) is 0 Å². The monoisotopic (exact) mass is 483 g/mol. The van der Waals surface area contributed by atoms with Gasteiger partial charge in [-0.15, -0.1) is 12.4 Å². The van der Waals surface area contributed by atoms with Gasteiger partial charge in [-0.3, -0.25) is 14.8 Å². The topological polar surface area (TPSA) is 86.6 Å². The molecule has 0 unspecified atom stereocenters. The summed E-state index contributed by atoms with van der Waals surface area (Å²) in [6.45, 7) is 5.66. The van der Waals surface area contributed by atoms with Crippen LogP contribution in [-0.4, -0.2) is 67.4 Å². The van der Waals surface area contributed by atoms with Crippen LogP contribution in [0, 0.1) is 0 Å². The molecular formula is C25H30ClN5O3. The number of halogens is 1. The average Bonchev–Trinajstić information content (AvgIpc) is 3.49. The highest BCUT2D eigenvalue weighted by atomic mass is 35.5. The molecule has 0 bridgehead atoms. The molecule has 0 spiro atoms. The molecular weight excluding hydrogens is 454 g/mol. The summed E-state index contributed by atoms with van der Waals surface area (Å²) in [7, 11) is 1.59. The summed E-state index contributed by atoms with van der Waals surface area (Å²) < 4.78 is 11.0. The second-order valence-electron chi connectivity index (χ2n) is 8.37. The van der Waals surface area contributed by atoms with Crippen molar-refractivity contribution in [2.24, 2.45) is 0 Å². The first-order chi connectivity index (χ1) is 16.2. The highest BCUT2D eigenvalue weighted by Crippen LogP contribution is 2.28. The van der Waals surface area contributed by atoms with E-state index in [4.69, 9.17) is 9.15 Å². The molecule has 4 aromatic rings. The average molecular weight is 484 g/mol. The maximum atomic E-state index is 12.5. The fourth-order valence-electron chi connectivity index (χ4n) is 4.43. The van der Waals surface area contributed by atoms with Crippen molar-refractivity contribution in [3.63, 3.8) is 0 Å². The molecule has 180 valence electrons. The molecule has 1 aliphatic rings. The summed E-state index contributed by atoms with van der Waals surface area (Å²) in [5.41, 5.74) is 1.69. The summed E-state index contributed by atoms with van der Waals surface area (Å²) >= 11 is 0. The first-order valence-corrected chi connectivity index (χ1v) is 11.5. The number of unbranched alkanes of at least 4 members (excludes halogenated alkanes) is 1.